The van der Waals surface area contributed by atoms with E-state index in [0.29, 0.717) is 0 Å². The molecule has 1 aromatic rings. The van der Waals surface area contributed by atoms with Crippen LogP contribution in [0.25, 0.3) is 6.08 Å². The molecular formula is C15H20. The molecule has 0 nitrogen and oxygen atoms in total. The van der Waals surface area contributed by atoms with Crippen LogP contribution in [0.4, 0.5) is 0 Å². The molecule has 0 bridgehead atoms. The van der Waals surface area contributed by atoms with Crippen molar-refractivity contribution in [2.45, 2.75) is 6.92 Å². The van der Waals surface area contributed by atoms with Gasteiger partial charge in [-0.3, -0.25) is 0 Å². The largest absolute Gasteiger partial charge is 0.103 e. The summed E-state index contributed by atoms with van der Waals surface area (Å²) in [5.74, 6) is 0. The summed E-state index contributed by atoms with van der Waals surface area (Å²) < 4.78 is 0. The zero-order chi connectivity index (χ0) is 11.9. The Labute approximate surface area is 94.0 Å². The number of hydrogen-bond donors (Lipinski definition) is 0. The maximum Gasteiger partial charge on any atom is -0.0263 e. The third-order valence-electron chi connectivity index (χ3n) is 1.20. The Morgan fingerprint density at radius 3 is 1.47 bits per heavy atom. The van der Waals surface area contributed by atoms with Crippen molar-refractivity contribution in [2.75, 3.05) is 0 Å². The van der Waals surface area contributed by atoms with Gasteiger partial charge in [-0.1, -0.05) is 74.4 Å². The third-order valence-corrected chi connectivity index (χ3v) is 1.20. The summed E-state index contributed by atoms with van der Waals surface area (Å²) in [6.45, 7) is 15.6. The van der Waals surface area contributed by atoms with E-state index in [4.69, 9.17) is 0 Å². The quantitative estimate of drug-likeness (QED) is 0.471. The van der Waals surface area contributed by atoms with Crippen LogP contribution in [0.2, 0.25) is 0 Å². The first kappa shape index (κ1) is 15.6. The Bertz CT molecular complexity index is 261. The molecule has 1 rings (SSSR count). The van der Waals surface area contributed by atoms with Gasteiger partial charge in [0.15, 0.2) is 0 Å². The molecule has 0 aromatic heterocycles. The molecule has 0 heteroatoms. The lowest BCUT2D eigenvalue weighted by molar-refractivity contribution is 1.67. The van der Waals surface area contributed by atoms with E-state index in [1.54, 1.807) is 18.2 Å². The van der Waals surface area contributed by atoms with Crippen LogP contribution in [0.15, 0.2) is 74.9 Å². The summed E-state index contributed by atoms with van der Waals surface area (Å²) in [5.41, 5.74) is 1.17. The second-order valence-electron chi connectivity index (χ2n) is 2.49. The molecule has 0 saturated carbocycles. The van der Waals surface area contributed by atoms with Crippen molar-refractivity contribution in [2.24, 2.45) is 0 Å². The van der Waals surface area contributed by atoms with Crippen LogP contribution in [0.5, 0.6) is 0 Å². The minimum Gasteiger partial charge on any atom is -0.103 e. The average molecular weight is 200 g/mol. The van der Waals surface area contributed by atoms with Crippen LogP contribution >= 0.6 is 0 Å². The van der Waals surface area contributed by atoms with E-state index in [0.717, 1.165) is 0 Å². The summed E-state index contributed by atoms with van der Waals surface area (Å²) >= 11 is 0. The molecule has 0 atom stereocenters. The molecular weight excluding hydrogens is 180 g/mol. The summed E-state index contributed by atoms with van der Waals surface area (Å²) in [7, 11) is 0. The maximum atomic E-state index is 3.63. The minimum absolute atomic E-state index is 1.17. The highest BCUT2D eigenvalue weighted by atomic mass is 13.8. The summed E-state index contributed by atoms with van der Waals surface area (Å²) in [5, 5.41) is 0. The zero-order valence-electron chi connectivity index (χ0n) is 9.52. The van der Waals surface area contributed by atoms with Gasteiger partial charge in [0, 0.05) is 0 Å². The lowest BCUT2D eigenvalue weighted by Crippen LogP contribution is -1.63. The summed E-state index contributed by atoms with van der Waals surface area (Å²) in [6, 6.07) is 10.0. The van der Waals surface area contributed by atoms with Crippen LogP contribution in [0.1, 0.15) is 12.5 Å². The molecule has 0 spiro atoms. The van der Waals surface area contributed by atoms with Crippen LogP contribution in [-0.4, -0.2) is 0 Å². The van der Waals surface area contributed by atoms with Gasteiger partial charge in [0.05, 0.1) is 0 Å². The predicted molar refractivity (Wildman–Crippen MR) is 72.8 cm³/mol. The van der Waals surface area contributed by atoms with Gasteiger partial charge in [-0.05, 0) is 12.5 Å². The Morgan fingerprint density at radius 1 is 0.867 bits per heavy atom. The van der Waals surface area contributed by atoms with Gasteiger partial charge >= 0.3 is 0 Å². The van der Waals surface area contributed by atoms with Crippen molar-refractivity contribution in [3.05, 3.63) is 80.4 Å². The topological polar surface area (TPSA) is 0 Å². The van der Waals surface area contributed by atoms with Crippen LogP contribution in [0, 0.1) is 0 Å². The van der Waals surface area contributed by atoms with Crippen molar-refractivity contribution in [1.82, 2.24) is 0 Å². The maximum absolute atomic E-state index is 3.63. The molecule has 0 N–H and O–H groups in total. The zero-order valence-corrected chi connectivity index (χ0v) is 9.52. The number of allylic oxidation sites excluding steroid dienone is 3. The van der Waals surface area contributed by atoms with Crippen molar-refractivity contribution < 1.29 is 0 Å². The fraction of sp³-hybridized carbons (Fsp3) is 0.0667. The number of hydrogen-bond acceptors (Lipinski definition) is 0. The van der Waals surface area contributed by atoms with Gasteiger partial charge < -0.3 is 0 Å². The van der Waals surface area contributed by atoms with Crippen molar-refractivity contribution >= 4 is 6.08 Å². The smallest absolute Gasteiger partial charge is 0.0263 e. The molecule has 1 aromatic carbocycles. The molecule has 0 aliphatic carbocycles. The lowest BCUT2D eigenvalue weighted by Gasteiger charge is -1.85. The SMILES string of the molecule is C=CC.C=CC=C.C=Cc1ccccc1. The van der Waals surface area contributed by atoms with Gasteiger partial charge in [-0.15, -0.1) is 6.58 Å². The molecule has 0 aliphatic rings. The van der Waals surface area contributed by atoms with E-state index in [2.05, 4.69) is 26.3 Å². The lowest BCUT2D eigenvalue weighted by atomic mass is 10.2. The van der Waals surface area contributed by atoms with E-state index in [1.807, 2.05) is 43.3 Å². The van der Waals surface area contributed by atoms with E-state index in [-0.39, 0.29) is 0 Å². The Morgan fingerprint density at radius 2 is 1.27 bits per heavy atom. The Balaban J connectivity index is 0. The summed E-state index contributed by atoms with van der Waals surface area (Å²) in [4.78, 5) is 0. The first-order valence-electron chi connectivity index (χ1n) is 4.74. The first-order valence-corrected chi connectivity index (χ1v) is 4.74. The standard InChI is InChI=1S/C8H8.C4H6.C3H6/c1-2-8-6-4-3-5-7-8;1-3-4-2;1-3-2/h2-7H,1H2;3-4H,1-2H2;3H,1H2,2H3. The monoisotopic (exact) mass is 200 g/mol. The van der Waals surface area contributed by atoms with Gasteiger partial charge in [-0.25, -0.2) is 0 Å². The van der Waals surface area contributed by atoms with Gasteiger partial charge in [0.1, 0.15) is 0 Å². The van der Waals surface area contributed by atoms with Crippen molar-refractivity contribution in [1.29, 1.82) is 0 Å². The molecule has 15 heavy (non-hydrogen) atoms. The highest BCUT2D eigenvalue weighted by molar-refractivity contribution is 5.45. The van der Waals surface area contributed by atoms with E-state index >= 15 is 0 Å². The molecule has 0 unspecified atom stereocenters. The third kappa shape index (κ3) is 15.0. The number of benzene rings is 1. The van der Waals surface area contributed by atoms with Crippen molar-refractivity contribution in [3.8, 4) is 0 Å². The Hall–Kier alpha value is -1.82. The molecule has 0 aliphatic heterocycles. The molecule has 0 fully saturated rings. The van der Waals surface area contributed by atoms with Crippen LogP contribution < -0.4 is 0 Å². The van der Waals surface area contributed by atoms with E-state index < -0.39 is 0 Å². The van der Waals surface area contributed by atoms with Gasteiger partial charge in [0.2, 0.25) is 0 Å². The van der Waals surface area contributed by atoms with Crippen LogP contribution in [-0.2, 0) is 0 Å². The average Bonchev–Trinajstić information content (AvgIpc) is 2.31. The highest BCUT2D eigenvalue weighted by Gasteiger charge is 1.75. The summed E-state index contributed by atoms with van der Waals surface area (Å²) in [6.07, 6.45) is 6.86. The molecule has 80 valence electrons. The van der Waals surface area contributed by atoms with E-state index in [1.165, 1.54) is 5.56 Å². The van der Waals surface area contributed by atoms with E-state index in [9.17, 15) is 0 Å². The highest BCUT2D eigenvalue weighted by Crippen LogP contribution is 1.97. The Kier molecular flexibility index (Phi) is 15.3. The second-order valence-corrected chi connectivity index (χ2v) is 2.49. The van der Waals surface area contributed by atoms with Crippen LogP contribution in [0.3, 0.4) is 0 Å². The minimum atomic E-state index is 1.17. The molecule has 0 heterocycles. The molecule has 0 amide bonds. The first-order chi connectivity index (χ1) is 7.26. The molecule has 0 radical (unpaired) electrons. The van der Waals surface area contributed by atoms with Crippen molar-refractivity contribution in [3.63, 3.8) is 0 Å². The fourth-order valence-electron chi connectivity index (χ4n) is 0.589. The van der Waals surface area contributed by atoms with Gasteiger partial charge in [0.25, 0.3) is 0 Å². The number of rotatable bonds is 2. The normalized spacial score (nSPS) is 6.73. The second kappa shape index (κ2) is 14.7. The molecule has 0 saturated heterocycles. The predicted octanol–water partition coefficient (Wildman–Crippen LogP) is 4.88. The van der Waals surface area contributed by atoms with Gasteiger partial charge in [-0.2, -0.15) is 0 Å². The fourth-order valence-corrected chi connectivity index (χ4v) is 0.589.